The van der Waals surface area contributed by atoms with Crippen LogP contribution in [0.5, 0.6) is 0 Å². The number of hydrogen-bond acceptors (Lipinski definition) is 3. The zero-order valence-corrected chi connectivity index (χ0v) is 11.5. The number of benzene rings is 1. The van der Waals surface area contributed by atoms with Crippen LogP contribution < -0.4 is 5.32 Å². The van der Waals surface area contributed by atoms with Gasteiger partial charge in [0.15, 0.2) is 0 Å². The molecule has 0 bridgehead atoms. The first kappa shape index (κ1) is 13.8. The third-order valence-corrected chi connectivity index (χ3v) is 2.73. The molecule has 90 valence electrons. The molecule has 0 radical (unpaired) electrons. The van der Waals surface area contributed by atoms with E-state index in [9.17, 15) is 0 Å². The van der Waals surface area contributed by atoms with E-state index in [-0.39, 0.29) is 0 Å². The van der Waals surface area contributed by atoms with E-state index in [4.69, 9.17) is 21.1 Å². The van der Waals surface area contributed by atoms with Gasteiger partial charge < -0.3 is 14.8 Å². The summed E-state index contributed by atoms with van der Waals surface area (Å²) in [4.78, 5) is 0. The average molecular weight is 309 g/mol. The van der Waals surface area contributed by atoms with E-state index in [1.54, 1.807) is 7.11 Å². The van der Waals surface area contributed by atoms with Gasteiger partial charge in [-0.25, -0.2) is 0 Å². The van der Waals surface area contributed by atoms with Crippen molar-refractivity contribution in [1.29, 1.82) is 0 Å². The van der Waals surface area contributed by atoms with Gasteiger partial charge in [0.2, 0.25) is 0 Å². The summed E-state index contributed by atoms with van der Waals surface area (Å²) < 4.78 is 11.2. The summed E-state index contributed by atoms with van der Waals surface area (Å²) in [5.74, 6) is 0. The molecule has 0 saturated carbocycles. The fraction of sp³-hybridized carbons (Fsp3) is 0.455. The molecule has 5 heteroatoms. The Bertz CT molecular complexity index is 323. The quantitative estimate of drug-likeness (QED) is 0.785. The lowest BCUT2D eigenvalue weighted by molar-refractivity contribution is 0.0759. The van der Waals surface area contributed by atoms with Gasteiger partial charge in [-0.2, -0.15) is 0 Å². The molecule has 0 amide bonds. The lowest BCUT2D eigenvalue weighted by Gasteiger charge is -2.09. The molecule has 0 aliphatic rings. The molecule has 0 aromatic heterocycles. The van der Waals surface area contributed by atoms with Gasteiger partial charge in [-0.15, -0.1) is 0 Å². The number of anilines is 1. The van der Waals surface area contributed by atoms with Crippen LogP contribution in [-0.4, -0.2) is 33.5 Å². The van der Waals surface area contributed by atoms with E-state index < -0.39 is 0 Å². The van der Waals surface area contributed by atoms with Crippen molar-refractivity contribution in [2.75, 3.05) is 38.8 Å². The standard InChI is InChI=1S/C11H15BrClNO2/c1-15-6-7-16-5-4-14-11-3-2-9(12)8-10(11)13/h2-3,8,14H,4-7H2,1H3. The van der Waals surface area contributed by atoms with Crippen molar-refractivity contribution in [2.24, 2.45) is 0 Å². The molecule has 1 rings (SSSR count). The van der Waals surface area contributed by atoms with Gasteiger partial charge in [0.25, 0.3) is 0 Å². The van der Waals surface area contributed by atoms with E-state index in [0.29, 0.717) is 24.8 Å². The first-order chi connectivity index (χ1) is 7.74. The van der Waals surface area contributed by atoms with Crippen LogP contribution in [0.3, 0.4) is 0 Å². The number of rotatable bonds is 7. The Labute approximate surface area is 109 Å². The molecular weight excluding hydrogens is 293 g/mol. The molecule has 1 aromatic rings. The Morgan fingerprint density at radius 2 is 2.12 bits per heavy atom. The second-order valence-corrected chi connectivity index (χ2v) is 4.48. The maximum Gasteiger partial charge on any atom is 0.0701 e. The van der Waals surface area contributed by atoms with Crippen LogP contribution in [0, 0.1) is 0 Å². The molecule has 0 fully saturated rings. The molecule has 3 nitrogen and oxygen atoms in total. The van der Waals surface area contributed by atoms with Gasteiger partial charge in [-0.1, -0.05) is 27.5 Å². The smallest absolute Gasteiger partial charge is 0.0701 e. The lowest BCUT2D eigenvalue weighted by atomic mass is 10.3. The van der Waals surface area contributed by atoms with Crippen molar-refractivity contribution >= 4 is 33.2 Å². The summed E-state index contributed by atoms with van der Waals surface area (Å²) >= 11 is 9.39. The zero-order valence-electron chi connectivity index (χ0n) is 9.13. The Balaban J connectivity index is 2.21. The third-order valence-electron chi connectivity index (χ3n) is 1.92. The molecular formula is C11H15BrClNO2. The van der Waals surface area contributed by atoms with Crippen molar-refractivity contribution in [2.45, 2.75) is 0 Å². The normalized spacial score (nSPS) is 10.4. The Hall–Kier alpha value is -0.290. The third kappa shape index (κ3) is 5.16. The Morgan fingerprint density at radius 3 is 2.81 bits per heavy atom. The highest BCUT2D eigenvalue weighted by Gasteiger charge is 1.99. The number of methoxy groups -OCH3 is 1. The van der Waals surface area contributed by atoms with Gasteiger partial charge in [-0.3, -0.25) is 0 Å². The molecule has 1 aromatic carbocycles. The molecule has 0 unspecified atom stereocenters. The summed E-state index contributed by atoms with van der Waals surface area (Å²) in [7, 11) is 1.66. The Morgan fingerprint density at radius 1 is 1.31 bits per heavy atom. The number of ether oxygens (including phenoxy) is 2. The monoisotopic (exact) mass is 307 g/mol. The average Bonchev–Trinajstić information content (AvgIpc) is 2.26. The van der Waals surface area contributed by atoms with Crippen LogP contribution in [0.2, 0.25) is 5.02 Å². The van der Waals surface area contributed by atoms with Gasteiger partial charge in [0.05, 0.1) is 30.5 Å². The topological polar surface area (TPSA) is 30.5 Å². The van der Waals surface area contributed by atoms with Crippen LogP contribution >= 0.6 is 27.5 Å². The van der Waals surface area contributed by atoms with Gasteiger partial charge >= 0.3 is 0 Å². The maximum absolute atomic E-state index is 6.04. The maximum atomic E-state index is 6.04. The van der Waals surface area contributed by atoms with Crippen LogP contribution in [0.25, 0.3) is 0 Å². The SMILES string of the molecule is COCCOCCNc1ccc(Br)cc1Cl. The molecule has 16 heavy (non-hydrogen) atoms. The summed E-state index contributed by atoms with van der Waals surface area (Å²) in [5.41, 5.74) is 0.917. The second kappa shape index (κ2) is 7.90. The molecule has 0 heterocycles. The summed E-state index contributed by atoms with van der Waals surface area (Å²) in [6.07, 6.45) is 0. The second-order valence-electron chi connectivity index (χ2n) is 3.16. The van der Waals surface area contributed by atoms with Crippen LogP contribution in [0.1, 0.15) is 0 Å². The molecule has 0 aliphatic heterocycles. The van der Waals surface area contributed by atoms with Crippen molar-refractivity contribution in [3.05, 3.63) is 27.7 Å². The predicted molar refractivity (Wildman–Crippen MR) is 70.3 cm³/mol. The van der Waals surface area contributed by atoms with Gasteiger partial charge in [-0.05, 0) is 18.2 Å². The Kier molecular flexibility index (Phi) is 6.80. The summed E-state index contributed by atoms with van der Waals surface area (Å²) in [6.45, 7) is 2.60. The van der Waals surface area contributed by atoms with Crippen molar-refractivity contribution in [1.82, 2.24) is 0 Å². The summed E-state index contributed by atoms with van der Waals surface area (Å²) in [6, 6.07) is 5.73. The van der Waals surface area contributed by atoms with Crippen LogP contribution in [-0.2, 0) is 9.47 Å². The molecule has 0 atom stereocenters. The van der Waals surface area contributed by atoms with Gasteiger partial charge in [0, 0.05) is 18.1 Å². The van der Waals surface area contributed by atoms with Crippen molar-refractivity contribution in [3.63, 3.8) is 0 Å². The van der Waals surface area contributed by atoms with E-state index in [1.165, 1.54) is 0 Å². The summed E-state index contributed by atoms with van der Waals surface area (Å²) in [5, 5.41) is 3.90. The highest BCUT2D eigenvalue weighted by atomic mass is 79.9. The number of nitrogens with one attached hydrogen (secondary N) is 1. The van der Waals surface area contributed by atoms with Crippen LogP contribution in [0.15, 0.2) is 22.7 Å². The highest BCUT2D eigenvalue weighted by molar-refractivity contribution is 9.10. The minimum Gasteiger partial charge on any atom is -0.382 e. The zero-order chi connectivity index (χ0) is 11.8. The lowest BCUT2D eigenvalue weighted by Crippen LogP contribution is -2.12. The number of hydrogen-bond donors (Lipinski definition) is 1. The molecule has 0 aliphatic carbocycles. The highest BCUT2D eigenvalue weighted by Crippen LogP contribution is 2.25. The van der Waals surface area contributed by atoms with Gasteiger partial charge in [0.1, 0.15) is 0 Å². The molecule has 1 N–H and O–H groups in total. The first-order valence-corrected chi connectivity index (χ1v) is 6.16. The number of halogens is 2. The minimum atomic E-state index is 0.617. The fourth-order valence-electron chi connectivity index (χ4n) is 1.14. The van der Waals surface area contributed by atoms with Crippen LogP contribution in [0.4, 0.5) is 5.69 Å². The van der Waals surface area contributed by atoms with Crippen molar-refractivity contribution in [3.8, 4) is 0 Å². The van der Waals surface area contributed by atoms with E-state index >= 15 is 0 Å². The van der Waals surface area contributed by atoms with E-state index in [0.717, 1.165) is 16.7 Å². The fourth-order valence-corrected chi connectivity index (χ4v) is 1.88. The van der Waals surface area contributed by atoms with E-state index in [2.05, 4.69) is 21.2 Å². The largest absolute Gasteiger partial charge is 0.382 e. The van der Waals surface area contributed by atoms with Crippen molar-refractivity contribution < 1.29 is 9.47 Å². The molecule has 0 saturated heterocycles. The van der Waals surface area contributed by atoms with E-state index in [1.807, 2.05) is 18.2 Å². The molecule has 0 spiro atoms. The first-order valence-electron chi connectivity index (χ1n) is 4.99. The minimum absolute atomic E-state index is 0.617. The predicted octanol–water partition coefficient (Wildman–Crippen LogP) is 3.18.